The smallest absolute Gasteiger partial charge is 0.337 e. The molecule has 4 N–H and O–H groups in total. The highest BCUT2D eigenvalue weighted by Crippen LogP contribution is 2.32. The molecule has 11 heteroatoms. The van der Waals surface area contributed by atoms with Crippen LogP contribution in [0.2, 0.25) is 0 Å². The number of methoxy groups -OCH3 is 1. The summed E-state index contributed by atoms with van der Waals surface area (Å²) in [5.74, 6) is -1.00. The first-order valence-corrected chi connectivity index (χ1v) is 13.0. The minimum Gasteiger partial charge on any atom is -0.494 e. The maximum Gasteiger partial charge on any atom is 0.337 e. The third-order valence-corrected chi connectivity index (χ3v) is 6.65. The summed E-state index contributed by atoms with van der Waals surface area (Å²) in [6, 6.07) is 21.1. The third-order valence-electron chi connectivity index (χ3n) is 6.65. The molecule has 41 heavy (non-hydrogen) atoms. The van der Waals surface area contributed by atoms with Crippen molar-refractivity contribution in [1.29, 1.82) is 0 Å². The number of aromatic nitrogens is 1. The van der Waals surface area contributed by atoms with Gasteiger partial charge >= 0.3 is 5.97 Å². The van der Waals surface area contributed by atoms with Gasteiger partial charge < -0.3 is 20.1 Å². The predicted molar refractivity (Wildman–Crippen MR) is 152 cm³/mol. The molecule has 0 atom stereocenters. The van der Waals surface area contributed by atoms with Gasteiger partial charge in [0.05, 0.1) is 42.8 Å². The van der Waals surface area contributed by atoms with Crippen LogP contribution in [0.4, 0.5) is 5.69 Å². The summed E-state index contributed by atoms with van der Waals surface area (Å²) in [7, 11) is 1.31. The molecule has 0 bridgehead atoms. The lowest BCUT2D eigenvalue weighted by molar-refractivity contribution is -0.124. The summed E-state index contributed by atoms with van der Waals surface area (Å²) in [6.45, 7) is 2.42. The van der Waals surface area contributed by atoms with Gasteiger partial charge in [0.15, 0.2) is 5.88 Å². The second-order valence-electron chi connectivity index (χ2n) is 9.38. The van der Waals surface area contributed by atoms with Gasteiger partial charge in [-0.15, -0.1) is 0 Å². The summed E-state index contributed by atoms with van der Waals surface area (Å²) in [5, 5.41) is 14.3. The first-order valence-electron chi connectivity index (χ1n) is 13.0. The highest BCUT2D eigenvalue weighted by Gasteiger charge is 2.20. The average Bonchev–Trinajstić information content (AvgIpc) is 3.33. The van der Waals surface area contributed by atoms with Crippen LogP contribution >= 0.6 is 0 Å². The Morgan fingerprint density at radius 3 is 2.51 bits per heavy atom. The standard InChI is InChI=1S/C30H29N5O6/c1-40-30(39)21-9-12-23-24(17-21)33-29(38)26(23)27(19-5-3-2-4-6-19)32-22-10-7-20(8-11-22)28(37)34-41-16-15-35-14-13-31-25(36)18-35/h2-12,17,33,38H,13-16,18H2,1H3,(H,31,36)(H,34,37). The first kappa shape index (κ1) is 27.6. The number of esters is 1. The van der Waals surface area contributed by atoms with Gasteiger partial charge in [-0.1, -0.05) is 36.4 Å². The summed E-state index contributed by atoms with van der Waals surface area (Å²) in [6.07, 6.45) is 0. The highest BCUT2D eigenvalue weighted by atomic mass is 16.7. The Morgan fingerprint density at radius 2 is 1.78 bits per heavy atom. The number of hydroxylamine groups is 1. The van der Waals surface area contributed by atoms with Gasteiger partial charge in [0.25, 0.3) is 5.91 Å². The van der Waals surface area contributed by atoms with Gasteiger partial charge in [-0.2, -0.15) is 0 Å². The van der Waals surface area contributed by atoms with Gasteiger partial charge in [-0.25, -0.2) is 15.3 Å². The number of hydrogen-bond donors (Lipinski definition) is 4. The number of hydrogen-bond acceptors (Lipinski definition) is 8. The molecular formula is C30H29N5O6. The van der Waals surface area contributed by atoms with E-state index in [0.29, 0.717) is 58.6 Å². The molecule has 0 unspecified atom stereocenters. The number of piperazine rings is 1. The van der Waals surface area contributed by atoms with Crippen LogP contribution in [0.1, 0.15) is 31.8 Å². The van der Waals surface area contributed by atoms with E-state index in [1.165, 1.54) is 7.11 Å². The number of H-pyrrole nitrogens is 1. The minimum absolute atomic E-state index is 0.0222. The van der Waals surface area contributed by atoms with Crippen LogP contribution in [0.25, 0.3) is 10.9 Å². The second kappa shape index (κ2) is 12.5. The van der Waals surface area contributed by atoms with Crippen molar-refractivity contribution >= 4 is 40.1 Å². The number of carbonyl (C=O) groups is 3. The molecule has 0 radical (unpaired) electrons. The van der Waals surface area contributed by atoms with Gasteiger partial charge in [0.2, 0.25) is 5.91 Å². The molecule has 0 saturated carbocycles. The van der Waals surface area contributed by atoms with Crippen molar-refractivity contribution in [2.75, 3.05) is 39.9 Å². The molecular weight excluding hydrogens is 526 g/mol. The molecule has 11 nitrogen and oxygen atoms in total. The molecule has 3 aromatic carbocycles. The van der Waals surface area contributed by atoms with Crippen LogP contribution in [0.5, 0.6) is 5.88 Å². The quantitative estimate of drug-likeness (QED) is 0.108. The van der Waals surface area contributed by atoms with E-state index in [-0.39, 0.29) is 18.4 Å². The fourth-order valence-corrected chi connectivity index (χ4v) is 4.58. The van der Waals surface area contributed by atoms with Crippen LogP contribution < -0.4 is 10.8 Å². The summed E-state index contributed by atoms with van der Waals surface area (Å²) in [5.41, 5.74) is 6.03. The Morgan fingerprint density at radius 1 is 1.02 bits per heavy atom. The molecule has 1 fully saturated rings. The van der Waals surface area contributed by atoms with Gasteiger partial charge in [0, 0.05) is 41.7 Å². The zero-order valence-corrected chi connectivity index (χ0v) is 22.3. The fourth-order valence-electron chi connectivity index (χ4n) is 4.58. The van der Waals surface area contributed by atoms with E-state index in [1.807, 2.05) is 35.2 Å². The zero-order chi connectivity index (χ0) is 28.8. The molecule has 0 spiro atoms. The van der Waals surface area contributed by atoms with Crippen molar-refractivity contribution in [3.63, 3.8) is 0 Å². The monoisotopic (exact) mass is 555 g/mol. The minimum atomic E-state index is -0.481. The highest BCUT2D eigenvalue weighted by molar-refractivity contribution is 6.22. The Balaban J connectivity index is 1.35. The maximum absolute atomic E-state index is 12.6. The molecule has 2 amide bonds. The molecule has 2 heterocycles. The number of ether oxygens (including phenoxy) is 1. The predicted octanol–water partition coefficient (Wildman–Crippen LogP) is 2.92. The molecule has 0 aliphatic carbocycles. The summed E-state index contributed by atoms with van der Waals surface area (Å²) in [4.78, 5) is 51.0. The topological polar surface area (TPSA) is 145 Å². The maximum atomic E-state index is 12.6. The van der Waals surface area contributed by atoms with Crippen molar-refractivity contribution in [2.24, 2.45) is 4.99 Å². The SMILES string of the molecule is COC(=O)c1ccc2c(C(=Nc3ccc(C(=O)NOCCN4CCNC(=O)C4)cc3)c3ccccc3)c(O)[nH]c2c1. The molecule has 4 aromatic rings. The lowest BCUT2D eigenvalue weighted by Gasteiger charge is -2.25. The van der Waals surface area contributed by atoms with Crippen molar-refractivity contribution in [3.8, 4) is 5.88 Å². The van der Waals surface area contributed by atoms with Gasteiger partial charge in [0.1, 0.15) is 0 Å². The van der Waals surface area contributed by atoms with E-state index < -0.39 is 11.9 Å². The van der Waals surface area contributed by atoms with Crippen LogP contribution in [0, 0.1) is 0 Å². The largest absolute Gasteiger partial charge is 0.494 e. The van der Waals surface area contributed by atoms with Crippen LogP contribution in [0.15, 0.2) is 77.8 Å². The summed E-state index contributed by atoms with van der Waals surface area (Å²) >= 11 is 0. The van der Waals surface area contributed by atoms with Crippen molar-refractivity contribution in [2.45, 2.75) is 0 Å². The number of aliphatic imine (C=N–C) groups is 1. The normalized spacial score (nSPS) is 14.1. The second-order valence-corrected chi connectivity index (χ2v) is 9.38. The molecule has 5 rings (SSSR count). The molecule has 1 aliphatic rings. The van der Waals surface area contributed by atoms with E-state index in [0.717, 1.165) is 12.1 Å². The number of nitrogens with zero attached hydrogens (tertiary/aromatic N) is 2. The number of carbonyl (C=O) groups excluding carboxylic acids is 3. The number of nitrogens with one attached hydrogen (secondary N) is 3. The molecule has 1 saturated heterocycles. The number of aromatic amines is 1. The number of aromatic hydroxyl groups is 1. The zero-order valence-electron chi connectivity index (χ0n) is 22.3. The summed E-state index contributed by atoms with van der Waals surface area (Å²) < 4.78 is 4.81. The van der Waals surface area contributed by atoms with Crippen molar-refractivity contribution in [1.82, 2.24) is 20.7 Å². The van der Waals surface area contributed by atoms with Crippen LogP contribution in [-0.4, -0.2) is 78.4 Å². The Hall–Kier alpha value is -5.00. The Labute approximate surface area is 235 Å². The van der Waals surface area contributed by atoms with Crippen molar-refractivity contribution in [3.05, 3.63) is 95.1 Å². The lowest BCUT2D eigenvalue weighted by Crippen LogP contribution is -2.48. The molecule has 1 aromatic heterocycles. The average molecular weight is 556 g/mol. The Bertz CT molecular complexity index is 1600. The van der Waals surface area contributed by atoms with Gasteiger partial charge in [-0.3, -0.25) is 19.3 Å². The Kier molecular flexibility index (Phi) is 8.37. The first-order chi connectivity index (χ1) is 19.9. The molecule has 210 valence electrons. The third kappa shape index (κ3) is 6.43. The fraction of sp³-hybridized carbons (Fsp3) is 0.200. The van der Waals surface area contributed by atoms with E-state index in [2.05, 4.69) is 15.8 Å². The lowest BCUT2D eigenvalue weighted by atomic mass is 10.00. The number of fused-ring (bicyclic) bond motifs is 1. The van der Waals surface area contributed by atoms with E-state index in [4.69, 9.17) is 14.6 Å². The van der Waals surface area contributed by atoms with E-state index >= 15 is 0 Å². The van der Waals surface area contributed by atoms with Crippen LogP contribution in [0.3, 0.4) is 0 Å². The molecule has 1 aliphatic heterocycles. The van der Waals surface area contributed by atoms with Crippen LogP contribution in [-0.2, 0) is 14.4 Å². The number of rotatable bonds is 9. The van der Waals surface area contributed by atoms with Gasteiger partial charge in [-0.05, 0) is 36.4 Å². The van der Waals surface area contributed by atoms with E-state index in [9.17, 15) is 19.5 Å². The van der Waals surface area contributed by atoms with Crippen molar-refractivity contribution < 1.29 is 29.1 Å². The van der Waals surface area contributed by atoms with E-state index in [1.54, 1.807) is 42.5 Å². The number of benzene rings is 3. The number of amides is 2.